The second-order valence-corrected chi connectivity index (χ2v) is 9.00. The molecule has 1 aliphatic heterocycles. The third-order valence-electron chi connectivity index (χ3n) is 5.98. The summed E-state index contributed by atoms with van der Waals surface area (Å²) in [6.07, 6.45) is 1.57. The van der Waals surface area contributed by atoms with Crippen molar-refractivity contribution in [1.82, 2.24) is 0 Å². The van der Waals surface area contributed by atoms with Gasteiger partial charge < -0.3 is 10.1 Å². The quantitative estimate of drug-likeness (QED) is 0.698. The van der Waals surface area contributed by atoms with Crippen molar-refractivity contribution in [3.05, 3.63) is 65.4 Å². The van der Waals surface area contributed by atoms with E-state index < -0.39 is 6.04 Å². The van der Waals surface area contributed by atoms with Gasteiger partial charge in [-0.15, -0.1) is 0 Å². The van der Waals surface area contributed by atoms with E-state index in [1.54, 1.807) is 4.90 Å². The number of hydrogen-bond donors (Lipinski definition) is 1. The van der Waals surface area contributed by atoms with Gasteiger partial charge in [-0.3, -0.25) is 14.5 Å². The van der Waals surface area contributed by atoms with Crippen molar-refractivity contribution in [3.8, 4) is 5.75 Å². The van der Waals surface area contributed by atoms with Gasteiger partial charge in [0.25, 0.3) is 0 Å². The number of para-hydroxylation sites is 2. The molecular weight excluding hydrogens is 388 g/mol. The molecule has 5 heteroatoms. The van der Waals surface area contributed by atoms with E-state index in [4.69, 9.17) is 4.74 Å². The molecule has 0 radical (unpaired) electrons. The highest BCUT2D eigenvalue weighted by Gasteiger charge is 2.42. The Morgan fingerprint density at radius 2 is 1.81 bits per heavy atom. The number of carbonyl (C=O) groups is 2. The lowest BCUT2D eigenvalue weighted by Gasteiger charge is -2.37. The van der Waals surface area contributed by atoms with E-state index in [-0.39, 0.29) is 17.1 Å². The van der Waals surface area contributed by atoms with Crippen molar-refractivity contribution < 1.29 is 14.3 Å². The minimum absolute atomic E-state index is 0.0143. The van der Waals surface area contributed by atoms with E-state index in [1.807, 2.05) is 62.4 Å². The number of carbonyl (C=O) groups excluding carboxylic acids is 2. The molecular formula is C26H30N2O3. The van der Waals surface area contributed by atoms with Gasteiger partial charge >= 0.3 is 0 Å². The van der Waals surface area contributed by atoms with E-state index in [1.165, 1.54) is 0 Å². The van der Waals surface area contributed by atoms with Crippen molar-refractivity contribution in [2.24, 2.45) is 5.41 Å². The molecule has 31 heavy (non-hydrogen) atoms. The third kappa shape index (κ3) is 3.97. The summed E-state index contributed by atoms with van der Waals surface area (Å²) >= 11 is 0. The molecule has 0 aromatic heterocycles. The fourth-order valence-electron chi connectivity index (χ4n) is 4.66. The van der Waals surface area contributed by atoms with Crippen LogP contribution in [0.25, 0.3) is 0 Å². The Kier molecular flexibility index (Phi) is 5.61. The van der Waals surface area contributed by atoms with Gasteiger partial charge in [0.15, 0.2) is 5.78 Å². The maximum atomic E-state index is 13.5. The molecule has 1 N–H and O–H groups in total. The first-order valence-electron chi connectivity index (χ1n) is 11.0. The SMILES string of the molecule is CCOc1ccc(C2C3=C(CC(C)(C)CC3=O)Nc3ccccc3N2C(=O)CC)cc1. The molecule has 1 heterocycles. The van der Waals surface area contributed by atoms with Crippen molar-refractivity contribution >= 4 is 23.1 Å². The number of Topliss-reactive ketones (excluding diaryl/α,β-unsaturated/α-hetero) is 1. The minimum Gasteiger partial charge on any atom is -0.494 e. The predicted molar refractivity (Wildman–Crippen MR) is 123 cm³/mol. The predicted octanol–water partition coefficient (Wildman–Crippen LogP) is 5.64. The molecule has 2 aliphatic rings. The first-order valence-corrected chi connectivity index (χ1v) is 11.0. The van der Waals surface area contributed by atoms with Crippen molar-refractivity contribution in [1.29, 1.82) is 0 Å². The molecule has 5 nitrogen and oxygen atoms in total. The Balaban J connectivity index is 1.95. The maximum absolute atomic E-state index is 13.5. The van der Waals surface area contributed by atoms with Gasteiger partial charge in [-0.25, -0.2) is 0 Å². The van der Waals surface area contributed by atoms with Crippen LogP contribution in [-0.4, -0.2) is 18.3 Å². The lowest BCUT2D eigenvalue weighted by atomic mass is 9.73. The summed E-state index contributed by atoms with van der Waals surface area (Å²) in [5.41, 5.74) is 4.04. The summed E-state index contributed by atoms with van der Waals surface area (Å²) < 4.78 is 5.61. The van der Waals surface area contributed by atoms with Crippen LogP contribution in [0, 0.1) is 5.41 Å². The van der Waals surface area contributed by atoms with Crippen LogP contribution in [0.4, 0.5) is 11.4 Å². The zero-order valence-corrected chi connectivity index (χ0v) is 18.7. The summed E-state index contributed by atoms with van der Waals surface area (Å²) in [5.74, 6) is 0.857. The number of allylic oxidation sites excluding steroid dienone is 1. The molecule has 1 unspecified atom stereocenters. The highest BCUT2D eigenvalue weighted by atomic mass is 16.5. The van der Waals surface area contributed by atoms with Crippen molar-refractivity contribution in [3.63, 3.8) is 0 Å². The number of ketones is 1. The van der Waals surface area contributed by atoms with Crippen LogP contribution in [0.2, 0.25) is 0 Å². The molecule has 1 amide bonds. The Bertz CT molecular complexity index is 1040. The van der Waals surface area contributed by atoms with Crippen LogP contribution in [0.3, 0.4) is 0 Å². The lowest BCUT2D eigenvalue weighted by molar-refractivity contribution is -0.119. The Hall–Kier alpha value is -3.08. The van der Waals surface area contributed by atoms with Gasteiger partial charge in [-0.2, -0.15) is 0 Å². The standard InChI is InChI=1S/C26H30N2O3/c1-5-23(30)28-21-10-8-7-9-19(21)27-20-15-26(3,4)16-22(29)24(20)25(28)17-11-13-18(14-12-17)31-6-2/h7-14,25,27H,5-6,15-16H2,1-4H3. The number of nitrogens with zero attached hydrogens (tertiary/aromatic N) is 1. The first kappa shape index (κ1) is 21.2. The van der Waals surface area contributed by atoms with E-state index in [0.717, 1.165) is 34.8 Å². The van der Waals surface area contributed by atoms with Crippen LogP contribution < -0.4 is 15.0 Å². The second-order valence-electron chi connectivity index (χ2n) is 9.00. The zero-order chi connectivity index (χ0) is 22.2. The molecule has 0 saturated heterocycles. The fourth-order valence-corrected chi connectivity index (χ4v) is 4.66. The molecule has 0 saturated carbocycles. The summed E-state index contributed by atoms with van der Waals surface area (Å²) in [7, 11) is 0. The van der Waals surface area contributed by atoms with E-state index in [0.29, 0.717) is 25.0 Å². The van der Waals surface area contributed by atoms with Crippen molar-refractivity contribution in [2.45, 2.75) is 53.0 Å². The number of fused-ring (bicyclic) bond motifs is 1. The van der Waals surface area contributed by atoms with Gasteiger partial charge in [0, 0.05) is 24.1 Å². The molecule has 0 bridgehead atoms. The van der Waals surface area contributed by atoms with Gasteiger partial charge in [0.05, 0.1) is 24.0 Å². The molecule has 0 fully saturated rings. The number of nitrogens with one attached hydrogen (secondary N) is 1. The fraction of sp³-hybridized carbons (Fsp3) is 0.385. The number of amides is 1. The van der Waals surface area contributed by atoms with Gasteiger partial charge in [-0.1, -0.05) is 45.0 Å². The third-order valence-corrected chi connectivity index (χ3v) is 5.98. The van der Waals surface area contributed by atoms with Crippen LogP contribution in [0.1, 0.15) is 58.6 Å². The Labute approximate surface area is 184 Å². The summed E-state index contributed by atoms with van der Waals surface area (Å²) in [6, 6.07) is 15.1. The number of anilines is 2. The van der Waals surface area contributed by atoms with Crippen LogP contribution >= 0.6 is 0 Å². The smallest absolute Gasteiger partial charge is 0.227 e. The van der Waals surface area contributed by atoms with Gasteiger partial charge in [0.1, 0.15) is 5.75 Å². The Morgan fingerprint density at radius 3 is 2.48 bits per heavy atom. The van der Waals surface area contributed by atoms with Crippen molar-refractivity contribution in [2.75, 3.05) is 16.8 Å². The molecule has 162 valence electrons. The monoisotopic (exact) mass is 418 g/mol. The lowest BCUT2D eigenvalue weighted by Crippen LogP contribution is -2.39. The van der Waals surface area contributed by atoms with Crippen LogP contribution in [0.15, 0.2) is 59.8 Å². The molecule has 1 aliphatic carbocycles. The molecule has 2 aromatic rings. The minimum atomic E-state index is -0.474. The summed E-state index contributed by atoms with van der Waals surface area (Å²) in [4.78, 5) is 28.6. The largest absolute Gasteiger partial charge is 0.494 e. The second kappa shape index (κ2) is 8.22. The van der Waals surface area contributed by atoms with Crippen LogP contribution in [-0.2, 0) is 9.59 Å². The molecule has 2 aromatic carbocycles. The van der Waals surface area contributed by atoms with E-state index in [2.05, 4.69) is 19.2 Å². The van der Waals surface area contributed by atoms with Crippen LogP contribution in [0.5, 0.6) is 5.75 Å². The average molecular weight is 419 g/mol. The number of hydrogen-bond acceptors (Lipinski definition) is 4. The summed E-state index contributed by atoms with van der Waals surface area (Å²) in [5, 5.41) is 3.53. The van der Waals surface area contributed by atoms with Gasteiger partial charge in [0.2, 0.25) is 5.91 Å². The number of rotatable bonds is 4. The Morgan fingerprint density at radius 1 is 1.10 bits per heavy atom. The zero-order valence-electron chi connectivity index (χ0n) is 18.7. The maximum Gasteiger partial charge on any atom is 0.227 e. The molecule has 4 rings (SSSR count). The van der Waals surface area contributed by atoms with E-state index >= 15 is 0 Å². The normalized spacial score (nSPS) is 19.8. The molecule has 1 atom stereocenters. The number of ether oxygens (including phenoxy) is 1. The highest BCUT2D eigenvalue weighted by Crippen LogP contribution is 2.48. The topological polar surface area (TPSA) is 58.6 Å². The first-order chi connectivity index (χ1) is 14.8. The van der Waals surface area contributed by atoms with E-state index in [9.17, 15) is 9.59 Å². The summed E-state index contributed by atoms with van der Waals surface area (Å²) in [6.45, 7) is 8.63. The highest BCUT2D eigenvalue weighted by molar-refractivity contribution is 6.06. The molecule has 0 spiro atoms. The van der Waals surface area contributed by atoms with Gasteiger partial charge in [-0.05, 0) is 48.6 Å². The average Bonchev–Trinajstić information content (AvgIpc) is 2.87. The number of benzene rings is 2.